The molecular formula is C15H25N3O2. The largest absolute Gasteiger partial charge is 0.494 e. The highest BCUT2D eigenvalue weighted by Crippen LogP contribution is 2.20. The standard InChI is InChI=1S/C15H25N3O2/c1-13(19)17-9-10-18(2)14-6-5-7-15(12-14)20-11-4-3-8-16/h5-7,12H,3-4,8-11,16H2,1-2H3,(H,17,19). The lowest BCUT2D eigenvalue weighted by molar-refractivity contribution is -0.118. The van der Waals surface area contributed by atoms with Crippen molar-refractivity contribution in [3.05, 3.63) is 24.3 Å². The van der Waals surface area contributed by atoms with E-state index in [-0.39, 0.29) is 5.91 Å². The van der Waals surface area contributed by atoms with Crippen LogP contribution in [-0.4, -0.2) is 39.2 Å². The number of rotatable bonds is 9. The summed E-state index contributed by atoms with van der Waals surface area (Å²) in [7, 11) is 2.00. The van der Waals surface area contributed by atoms with Crippen molar-refractivity contribution in [1.29, 1.82) is 0 Å². The zero-order valence-corrected chi connectivity index (χ0v) is 12.4. The molecule has 0 radical (unpaired) electrons. The van der Waals surface area contributed by atoms with E-state index >= 15 is 0 Å². The number of nitrogens with one attached hydrogen (secondary N) is 1. The molecule has 20 heavy (non-hydrogen) atoms. The van der Waals surface area contributed by atoms with Crippen LogP contribution in [0.2, 0.25) is 0 Å². The molecule has 1 rings (SSSR count). The fourth-order valence-corrected chi connectivity index (χ4v) is 1.78. The Bertz CT molecular complexity index is 410. The van der Waals surface area contributed by atoms with Gasteiger partial charge in [-0.1, -0.05) is 6.07 Å². The van der Waals surface area contributed by atoms with Gasteiger partial charge in [0.2, 0.25) is 5.91 Å². The molecule has 1 aromatic rings. The van der Waals surface area contributed by atoms with Crippen molar-refractivity contribution in [2.45, 2.75) is 19.8 Å². The van der Waals surface area contributed by atoms with Gasteiger partial charge < -0.3 is 20.7 Å². The number of hydrogen-bond acceptors (Lipinski definition) is 4. The molecular weight excluding hydrogens is 254 g/mol. The van der Waals surface area contributed by atoms with E-state index in [0.717, 1.165) is 30.8 Å². The quantitative estimate of drug-likeness (QED) is 0.670. The van der Waals surface area contributed by atoms with Gasteiger partial charge in [0.05, 0.1) is 6.61 Å². The summed E-state index contributed by atoms with van der Waals surface area (Å²) in [6.07, 6.45) is 1.95. The van der Waals surface area contributed by atoms with Gasteiger partial charge in [-0.2, -0.15) is 0 Å². The van der Waals surface area contributed by atoms with Crippen molar-refractivity contribution in [3.8, 4) is 5.75 Å². The molecule has 0 fully saturated rings. The summed E-state index contributed by atoms with van der Waals surface area (Å²) in [4.78, 5) is 12.9. The first kappa shape index (κ1) is 16.3. The fourth-order valence-electron chi connectivity index (χ4n) is 1.78. The molecule has 5 heteroatoms. The molecule has 0 aliphatic heterocycles. The Morgan fingerprint density at radius 3 is 2.90 bits per heavy atom. The average Bonchev–Trinajstić information content (AvgIpc) is 2.43. The van der Waals surface area contributed by atoms with E-state index in [9.17, 15) is 4.79 Å². The number of ether oxygens (including phenoxy) is 1. The molecule has 0 spiro atoms. The third-order valence-corrected chi connectivity index (χ3v) is 2.95. The molecule has 0 atom stereocenters. The van der Waals surface area contributed by atoms with E-state index < -0.39 is 0 Å². The van der Waals surface area contributed by atoms with Crippen LogP contribution in [0.25, 0.3) is 0 Å². The van der Waals surface area contributed by atoms with Gasteiger partial charge in [-0.15, -0.1) is 0 Å². The number of carbonyl (C=O) groups excluding carboxylic acids is 1. The Kier molecular flexibility index (Phi) is 7.50. The summed E-state index contributed by atoms with van der Waals surface area (Å²) < 4.78 is 5.69. The smallest absolute Gasteiger partial charge is 0.216 e. The van der Waals surface area contributed by atoms with Crippen LogP contribution < -0.4 is 20.7 Å². The molecule has 0 aliphatic rings. The van der Waals surface area contributed by atoms with E-state index in [0.29, 0.717) is 19.7 Å². The minimum absolute atomic E-state index is 0.00427. The van der Waals surface area contributed by atoms with Crippen LogP contribution in [0.5, 0.6) is 5.75 Å². The van der Waals surface area contributed by atoms with Gasteiger partial charge >= 0.3 is 0 Å². The number of anilines is 1. The van der Waals surface area contributed by atoms with Crippen LogP contribution in [0.3, 0.4) is 0 Å². The molecule has 0 aromatic heterocycles. The first-order valence-electron chi connectivity index (χ1n) is 7.02. The maximum atomic E-state index is 10.8. The number of likely N-dealkylation sites (N-methyl/N-ethyl adjacent to an activating group) is 1. The Morgan fingerprint density at radius 1 is 1.40 bits per heavy atom. The average molecular weight is 279 g/mol. The summed E-state index contributed by atoms with van der Waals surface area (Å²) in [5, 5.41) is 2.79. The summed E-state index contributed by atoms with van der Waals surface area (Å²) >= 11 is 0. The van der Waals surface area contributed by atoms with Gasteiger partial charge in [-0.05, 0) is 31.5 Å². The van der Waals surface area contributed by atoms with Crippen LogP contribution in [0.4, 0.5) is 5.69 Å². The fraction of sp³-hybridized carbons (Fsp3) is 0.533. The van der Waals surface area contributed by atoms with Crippen molar-refractivity contribution >= 4 is 11.6 Å². The monoisotopic (exact) mass is 279 g/mol. The van der Waals surface area contributed by atoms with Gasteiger partial charge in [0.15, 0.2) is 0 Å². The second kappa shape index (κ2) is 9.20. The first-order valence-corrected chi connectivity index (χ1v) is 7.02. The van der Waals surface area contributed by atoms with Crippen LogP contribution in [0.1, 0.15) is 19.8 Å². The lowest BCUT2D eigenvalue weighted by atomic mass is 10.2. The molecule has 1 aromatic carbocycles. The minimum Gasteiger partial charge on any atom is -0.494 e. The number of nitrogens with zero attached hydrogens (tertiary/aromatic N) is 1. The second-order valence-corrected chi connectivity index (χ2v) is 4.75. The number of hydrogen-bond donors (Lipinski definition) is 2. The zero-order valence-electron chi connectivity index (χ0n) is 12.4. The molecule has 5 nitrogen and oxygen atoms in total. The Morgan fingerprint density at radius 2 is 2.20 bits per heavy atom. The van der Waals surface area contributed by atoms with Gasteiger partial charge in [-0.3, -0.25) is 4.79 Å². The summed E-state index contributed by atoms with van der Waals surface area (Å²) in [5.41, 5.74) is 6.52. The number of nitrogens with two attached hydrogens (primary N) is 1. The van der Waals surface area contributed by atoms with E-state index in [1.165, 1.54) is 6.92 Å². The number of amides is 1. The number of carbonyl (C=O) groups is 1. The minimum atomic E-state index is -0.00427. The van der Waals surface area contributed by atoms with Crippen molar-refractivity contribution in [2.24, 2.45) is 5.73 Å². The Balaban J connectivity index is 2.43. The summed E-state index contributed by atoms with van der Waals surface area (Å²) in [6.45, 7) is 4.31. The predicted molar refractivity (Wildman–Crippen MR) is 82.2 cm³/mol. The van der Waals surface area contributed by atoms with E-state index in [4.69, 9.17) is 10.5 Å². The molecule has 0 bridgehead atoms. The molecule has 1 amide bonds. The summed E-state index contributed by atoms with van der Waals surface area (Å²) in [5.74, 6) is 0.862. The van der Waals surface area contributed by atoms with Crippen LogP contribution in [-0.2, 0) is 4.79 Å². The van der Waals surface area contributed by atoms with Crippen molar-refractivity contribution < 1.29 is 9.53 Å². The van der Waals surface area contributed by atoms with E-state index in [1.54, 1.807) is 0 Å². The van der Waals surface area contributed by atoms with Crippen LogP contribution in [0, 0.1) is 0 Å². The SMILES string of the molecule is CC(=O)NCCN(C)c1cccc(OCCCCN)c1. The van der Waals surface area contributed by atoms with Crippen molar-refractivity contribution in [1.82, 2.24) is 5.32 Å². The van der Waals surface area contributed by atoms with Gasteiger partial charge in [0.1, 0.15) is 5.75 Å². The molecule has 0 heterocycles. The molecule has 3 N–H and O–H groups in total. The van der Waals surface area contributed by atoms with Crippen LogP contribution >= 0.6 is 0 Å². The lowest BCUT2D eigenvalue weighted by Crippen LogP contribution is -2.31. The number of unbranched alkanes of at least 4 members (excludes halogenated alkanes) is 1. The lowest BCUT2D eigenvalue weighted by Gasteiger charge is -2.20. The molecule has 112 valence electrons. The third-order valence-electron chi connectivity index (χ3n) is 2.95. The Labute approximate surface area is 121 Å². The highest BCUT2D eigenvalue weighted by molar-refractivity contribution is 5.72. The maximum Gasteiger partial charge on any atom is 0.216 e. The molecule has 0 unspecified atom stereocenters. The van der Waals surface area contributed by atoms with E-state index in [1.807, 2.05) is 31.3 Å². The van der Waals surface area contributed by atoms with Gasteiger partial charge in [0, 0.05) is 38.8 Å². The van der Waals surface area contributed by atoms with Gasteiger partial charge in [-0.25, -0.2) is 0 Å². The highest BCUT2D eigenvalue weighted by Gasteiger charge is 2.03. The van der Waals surface area contributed by atoms with Gasteiger partial charge in [0.25, 0.3) is 0 Å². The zero-order chi connectivity index (χ0) is 14.8. The van der Waals surface area contributed by atoms with Crippen molar-refractivity contribution in [3.63, 3.8) is 0 Å². The molecule has 0 saturated carbocycles. The molecule has 0 aliphatic carbocycles. The highest BCUT2D eigenvalue weighted by atomic mass is 16.5. The predicted octanol–water partition coefficient (Wildman–Crippen LogP) is 1.38. The normalized spacial score (nSPS) is 10.2. The second-order valence-electron chi connectivity index (χ2n) is 4.75. The molecule has 0 saturated heterocycles. The topological polar surface area (TPSA) is 67.6 Å². The van der Waals surface area contributed by atoms with Crippen molar-refractivity contribution in [2.75, 3.05) is 38.2 Å². The van der Waals surface area contributed by atoms with E-state index in [2.05, 4.69) is 10.2 Å². The maximum absolute atomic E-state index is 10.8. The summed E-state index contributed by atoms with van der Waals surface area (Å²) in [6, 6.07) is 7.97. The third kappa shape index (κ3) is 6.43. The first-order chi connectivity index (χ1) is 9.63. The van der Waals surface area contributed by atoms with Crippen LogP contribution in [0.15, 0.2) is 24.3 Å². The Hall–Kier alpha value is -1.75. The number of benzene rings is 1.